The smallest absolute Gasteiger partial charge is 0.248 e. The van der Waals surface area contributed by atoms with Gasteiger partial charge in [0.05, 0.1) is 6.61 Å². The third kappa shape index (κ3) is 7.24. The van der Waals surface area contributed by atoms with Crippen LogP contribution in [0.2, 0.25) is 0 Å². The lowest BCUT2D eigenvalue weighted by Gasteiger charge is -2.03. The van der Waals surface area contributed by atoms with Crippen LogP contribution in [0.15, 0.2) is 0 Å². The molecule has 5 heteroatoms. The molecule has 0 unspecified atom stereocenters. The van der Waals surface area contributed by atoms with E-state index < -0.39 is 0 Å². The lowest BCUT2D eigenvalue weighted by molar-refractivity contribution is -0.126. The van der Waals surface area contributed by atoms with Crippen molar-refractivity contribution in [2.45, 2.75) is 6.92 Å². The number of carbonyl (C=O) groups excluding carboxylic acids is 1. The van der Waals surface area contributed by atoms with Crippen LogP contribution in [0, 0.1) is 0 Å². The summed E-state index contributed by atoms with van der Waals surface area (Å²) in [5.74, 6) is 4.44. The first-order chi connectivity index (χ1) is 5.31. The molecular formula is C6H14N2O3. The number of carbonyl (C=O) groups is 1. The SMILES string of the molecule is CCOCCNC(=O)CON. The predicted molar refractivity (Wildman–Crippen MR) is 39.6 cm³/mol. The number of nitrogens with two attached hydrogens (primary N) is 1. The van der Waals surface area contributed by atoms with Gasteiger partial charge in [-0.15, -0.1) is 0 Å². The topological polar surface area (TPSA) is 73.6 Å². The summed E-state index contributed by atoms with van der Waals surface area (Å²) in [4.78, 5) is 14.7. The summed E-state index contributed by atoms with van der Waals surface area (Å²) >= 11 is 0. The molecule has 0 heterocycles. The first-order valence-electron chi connectivity index (χ1n) is 3.47. The van der Waals surface area contributed by atoms with Gasteiger partial charge < -0.3 is 10.1 Å². The second kappa shape index (κ2) is 7.46. The van der Waals surface area contributed by atoms with Gasteiger partial charge in [-0.2, -0.15) is 0 Å². The Labute approximate surface area is 65.8 Å². The summed E-state index contributed by atoms with van der Waals surface area (Å²) in [6, 6.07) is 0. The predicted octanol–water partition coefficient (Wildman–Crippen LogP) is -0.971. The molecule has 0 spiro atoms. The van der Waals surface area contributed by atoms with E-state index in [1.54, 1.807) is 0 Å². The van der Waals surface area contributed by atoms with Gasteiger partial charge >= 0.3 is 0 Å². The second-order valence-electron chi connectivity index (χ2n) is 1.86. The van der Waals surface area contributed by atoms with Crippen molar-refractivity contribution in [2.75, 3.05) is 26.4 Å². The minimum atomic E-state index is -0.229. The Hall–Kier alpha value is -0.650. The van der Waals surface area contributed by atoms with Crippen molar-refractivity contribution < 1.29 is 14.4 Å². The fourth-order valence-corrected chi connectivity index (χ4v) is 0.534. The maximum absolute atomic E-state index is 10.6. The molecule has 0 aromatic heterocycles. The molecule has 0 bridgehead atoms. The van der Waals surface area contributed by atoms with Gasteiger partial charge in [-0.3, -0.25) is 9.63 Å². The molecule has 0 aliphatic carbocycles. The maximum atomic E-state index is 10.6. The van der Waals surface area contributed by atoms with Crippen LogP contribution in [0.25, 0.3) is 0 Å². The van der Waals surface area contributed by atoms with Crippen LogP contribution < -0.4 is 11.2 Å². The molecule has 0 saturated heterocycles. The normalized spacial score (nSPS) is 9.64. The summed E-state index contributed by atoms with van der Waals surface area (Å²) in [6.07, 6.45) is 0. The average Bonchev–Trinajstić information content (AvgIpc) is 1.99. The summed E-state index contributed by atoms with van der Waals surface area (Å²) in [5, 5.41) is 2.55. The minimum absolute atomic E-state index is 0.105. The van der Waals surface area contributed by atoms with Crippen molar-refractivity contribution in [1.82, 2.24) is 5.32 Å². The first kappa shape index (κ1) is 10.3. The number of ether oxygens (including phenoxy) is 1. The van der Waals surface area contributed by atoms with Crippen LogP contribution in [0.5, 0.6) is 0 Å². The van der Waals surface area contributed by atoms with Crippen LogP contribution in [0.4, 0.5) is 0 Å². The standard InChI is InChI=1S/C6H14N2O3/c1-2-10-4-3-8-6(9)5-11-7/h2-5,7H2,1H3,(H,8,9). The van der Waals surface area contributed by atoms with Gasteiger partial charge in [-0.1, -0.05) is 0 Å². The van der Waals surface area contributed by atoms with Gasteiger partial charge in [0.1, 0.15) is 6.61 Å². The minimum Gasteiger partial charge on any atom is -0.380 e. The molecule has 0 fully saturated rings. The Morgan fingerprint density at radius 1 is 1.64 bits per heavy atom. The van der Waals surface area contributed by atoms with Gasteiger partial charge in [0, 0.05) is 13.2 Å². The maximum Gasteiger partial charge on any atom is 0.248 e. The molecular weight excluding hydrogens is 148 g/mol. The van der Waals surface area contributed by atoms with E-state index in [4.69, 9.17) is 4.74 Å². The molecule has 3 N–H and O–H groups in total. The largest absolute Gasteiger partial charge is 0.380 e. The number of rotatable bonds is 6. The fraction of sp³-hybridized carbons (Fsp3) is 0.833. The fourth-order valence-electron chi connectivity index (χ4n) is 0.534. The molecule has 0 aliphatic rings. The highest BCUT2D eigenvalue weighted by Gasteiger charge is 1.97. The number of hydrogen-bond acceptors (Lipinski definition) is 4. The molecule has 0 atom stereocenters. The van der Waals surface area contributed by atoms with E-state index in [0.29, 0.717) is 19.8 Å². The summed E-state index contributed by atoms with van der Waals surface area (Å²) in [6.45, 7) is 3.46. The van der Waals surface area contributed by atoms with Crippen molar-refractivity contribution in [1.29, 1.82) is 0 Å². The molecule has 0 aliphatic heterocycles. The summed E-state index contributed by atoms with van der Waals surface area (Å²) in [5.41, 5.74) is 0. The van der Waals surface area contributed by atoms with E-state index in [1.807, 2.05) is 6.92 Å². The number of hydrogen-bond donors (Lipinski definition) is 2. The van der Waals surface area contributed by atoms with Crippen molar-refractivity contribution >= 4 is 5.91 Å². The average molecular weight is 162 g/mol. The Bertz CT molecular complexity index is 108. The van der Waals surface area contributed by atoms with Gasteiger partial charge in [0.25, 0.3) is 0 Å². The Morgan fingerprint density at radius 2 is 2.36 bits per heavy atom. The second-order valence-corrected chi connectivity index (χ2v) is 1.86. The number of nitrogens with one attached hydrogen (secondary N) is 1. The van der Waals surface area contributed by atoms with Crippen molar-refractivity contribution in [3.63, 3.8) is 0 Å². The van der Waals surface area contributed by atoms with Gasteiger partial charge in [-0.25, -0.2) is 5.90 Å². The van der Waals surface area contributed by atoms with E-state index >= 15 is 0 Å². The molecule has 0 aromatic carbocycles. The zero-order valence-electron chi connectivity index (χ0n) is 6.63. The molecule has 0 rings (SSSR count). The van der Waals surface area contributed by atoms with Gasteiger partial charge in [0.2, 0.25) is 5.91 Å². The van der Waals surface area contributed by atoms with Crippen molar-refractivity contribution in [3.05, 3.63) is 0 Å². The lowest BCUT2D eigenvalue weighted by atomic mass is 10.6. The van der Waals surface area contributed by atoms with Crippen LogP contribution >= 0.6 is 0 Å². The Morgan fingerprint density at radius 3 is 2.91 bits per heavy atom. The summed E-state index contributed by atoms with van der Waals surface area (Å²) < 4.78 is 4.98. The van der Waals surface area contributed by atoms with E-state index in [9.17, 15) is 4.79 Å². The molecule has 5 nitrogen and oxygen atoms in total. The highest BCUT2D eigenvalue weighted by atomic mass is 16.6. The van der Waals surface area contributed by atoms with Gasteiger partial charge in [0.15, 0.2) is 0 Å². The van der Waals surface area contributed by atoms with Crippen molar-refractivity contribution in [3.8, 4) is 0 Å². The Balaban J connectivity index is 3.04. The zero-order chi connectivity index (χ0) is 8.53. The lowest BCUT2D eigenvalue weighted by Crippen LogP contribution is -2.31. The molecule has 11 heavy (non-hydrogen) atoms. The van der Waals surface area contributed by atoms with Crippen molar-refractivity contribution in [2.24, 2.45) is 5.90 Å². The molecule has 0 radical (unpaired) electrons. The zero-order valence-corrected chi connectivity index (χ0v) is 6.63. The van der Waals surface area contributed by atoms with E-state index in [-0.39, 0.29) is 12.5 Å². The highest BCUT2D eigenvalue weighted by molar-refractivity contribution is 5.77. The van der Waals surface area contributed by atoms with E-state index in [0.717, 1.165) is 0 Å². The highest BCUT2D eigenvalue weighted by Crippen LogP contribution is 1.71. The monoisotopic (exact) mass is 162 g/mol. The Kier molecular flexibility index (Phi) is 7.02. The van der Waals surface area contributed by atoms with Crippen LogP contribution in [0.3, 0.4) is 0 Å². The third-order valence-electron chi connectivity index (χ3n) is 0.987. The number of amides is 1. The molecule has 0 saturated carbocycles. The van der Waals surface area contributed by atoms with Crippen LogP contribution in [-0.4, -0.2) is 32.3 Å². The molecule has 0 aromatic rings. The quantitative estimate of drug-likeness (QED) is 0.389. The molecule has 1 amide bonds. The van der Waals surface area contributed by atoms with Gasteiger partial charge in [-0.05, 0) is 6.92 Å². The summed E-state index contributed by atoms with van der Waals surface area (Å²) in [7, 11) is 0. The van der Waals surface area contributed by atoms with E-state index in [1.165, 1.54) is 0 Å². The first-order valence-corrected chi connectivity index (χ1v) is 3.47. The third-order valence-corrected chi connectivity index (χ3v) is 0.987. The van der Waals surface area contributed by atoms with Crippen LogP contribution in [0.1, 0.15) is 6.92 Å². The molecule has 66 valence electrons. The van der Waals surface area contributed by atoms with E-state index in [2.05, 4.69) is 16.1 Å². The van der Waals surface area contributed by atoms with Crippen LogP contribution in [-0.2, 0) is 14.4 Å².